The summed E-state index contributed by atoms with van der Waals surface area (Å²) >= 11 is 0. The molecule has 0 N–H and O–H groups in total. The van der Waals surface area contributed by atoms with Crippen molar-refractivity contribution in [1.29, 1.82) is 0 Å². The number of amides is 1. The van der Waals surface area contributed by atoms with Crippen LogP contribution in [0.25, 0.3) is 0 Å². The maximum atomic E-state index is 11.0. The minimum Gasteiger partial charge on any atom is -0.338 e. The van der Waals surface area contributed by atoms with Crippen LogP contribution in [0.5, 0.6) is 0 Å². The summed E-state index contributed by atoms with van der Waals surface area (Å²) in [5.41, 5.74) is 0. The second-order valence-electron chi connectivity index (χ2n) is 4.23. The number of carbonyl (C=O) groups is 1. The Morgan fingerprint density at radius 3 is 1.50 bits per heavy atom. The van der Waals surface area contributed by atoms with Crippen molar-refractivity contribution in [2.24, 2.45) is 0 Å². The summed E-state index contributed by atoms with van der Waals surface area (Å²) in [6, 6.07) is 0.634. The van der Waals surface area contributed by atoms with Gasteiger partial charge in [0, 0.05) is 19.0 Å². The van der Waals surface area contributed by atoms with E-state index in [9.17, 15) is 9.36 Å². The minimum absolute atomic E-state index is 0.157. The highest BCUT2D eigenvalue weighted by atomic mass is 31.1. The molecule has 1 amide bonds. The molecule has 0 fully saturated rings. The van der Waals surface area contributed by atoms with Crippen LogP contribution in [0.2, 0.25) is 0 Å². The monoisotopic (exact) mass is 281 g/mol. The van der Waals surface area contributed by atoms with Gasteiger partial charge in [0.25, 0.3) is 0 Å². The molecule has 0 aliphatic heterocycles. The number of hydrogen-bond donors (Lipinski definition) is 0. The fourth-order valence-corrected chi connectivity index (χ4v) is 2.16. The smallest absolute Gasteiger partial charge is 0.319 e. The summed E-state index contributed by atoms with van der Waals surface area (Å²) in [4.78, 5) is 12.8. The SMILES string of the molecule is CC(=O)N(C(C)C)C(C)C.CCO[PH](=O)OCC. The minimum atomic E-state index is -2.14. The molecule has 0 aliphatic carbocycles. The third kappa shape index (κ3) is 10.8. The molecule has 0 spiro atoms. The molecule has 0 unspecified atom stereocenters. The van der Waals surface area contributed by atoms with Gasteiger partial charge in [-0.15, -0.1) is 0 Å². The highest BCUT2D eigenvalue weighted by molar-refractivity contribution is 7.33. The first kappa shape index (κ1) is 19.9. The molecule has 0 heterocycles. The quantitative estimate of drug-likeness (QED) is 0.702. The van der Waals surface area contributed by atoms with Crippen LogP contribution < -0.4 is 0 Å². The summed E-state index contributed by atoms with van der Waals surface area (Å²) < 4.78 is 19.6. The molecule has 6 heteroatoms. The van der Waals surface area contributed by atoms with Crippen molar-refractivity contribution < 1.29 is 18.4 Å². The van der Waals surface area contributed by atoms with Crippen molar-refractivity contribution in [2.45, 2.75) is 60.5 Å². The van der Waals surface area contributed by atoms with Gasteiger partial charge in [0.05, 0.1) is 13.2 Å². The van der Waals surface area contributed by atoms with Gasteiger partial charge in [-0.1, -0.05) is 0 Å². The zero-order chi connectivity index (χ0) is 14.7. The van der Waals surface area contributed by atoms with Gasteiger partial charge in [-0.3, -0.25) is 9.36 Å². The molecule has 110 valence electrons. The van der Waals surface area contributed by atoms with Crippen LogP contribution in [0.1, 0.15) is 48.5 Å². The van der Waals surface area contributed by atoms with Gasteiger partial charge < -0.3 is 13.9 Å². The lowest BCUT2D eigenvalue weighted by Crippen LogP contribution is -2.40. The van der Waals surface area contributed by atoms with Gasteiger partial charge in [0.1, 0.15) is 0 Å². The standard InChI is InChI=1S/C8H17NO.C4H11O3P/c1-6(2)9(7(3)4)8(5)10;1-3-6-8(5)7-4-2/h6-7H,1-5H3;8H,3-4H2,1-2H3. The van der Waals surface area contributed by atoms with Crippen LogP contribution >= 0.6 is 8.25 Å². The van der Waals surface area contributed by atoms with Crippen LogP contribution in [0.4, 0.5) is 0 Å². The maximum Gasteiger partial charge on any atom is 0.319 e. The Labute approximate surface area is 112 Å². The predicted molar refractivity (Wildman–Crippen MR) is 75.0 cm³/mol. The van der Waals surface area contributed by atoms with E-state index in [1.165, 1.54) is 0 Å². The molecule has 0 bridgehead atoms. The second kappa shape index (κ2) is 11.7. The molecule has 0 atom stereocenters. The summed E-state index contributed by atoms with van der Waals surface area (Å²) in [5, 5.41) is 0. The maximum absolute atomic E-state index is 11.0. The third-order valence-corrected chi connectivity index (χ3v) is 3.05. The topological polar surface area (TPSA) is 55.8 Å². The second-order valence-corrected chi connectivity index (χ2v) is 5.31. The van der Waals surface area contributed by atoms with Gasteiger partial charge >= 0.3 is 8.25 Å². The van der Waals surface area contributed by atoms with Crippen molar-refractivity contribution in [3.63, 3.8) is 0 Å². The fourth-order valence-electron chi connectivity index (χ4n) is 1.60. The molecule has 5 nitrogen and oxygen atoms in total. The Hall–Kier alpha value is -0.380. The largest absolute Gasteiger partial charge is 0.338 e. The highest BCUT2D eigenvalue weighted by Crippen LogP contribution is 2.21. The fraction of sp³-hybridized carbons (Fsp3) is 0.917. The van der Waals surface area contributed by atoms with E-state index in [1.807, 2.05) is 32.6 Å². The van der Waals surface area contributed by atoms with Gasteiger partial charge in [-0.05, 0) is 41.5 Å². The van der Waals surface area contributed by atoms with Crippen molar-refractivity contribution in [1.82, 2.24) is 4.90 Å². The molecule has 0 rings (SSSR count). The molecule has 0 aromatic heterocycles. The summed E-state index contributed by atoms with van der Waals surface area (Å²) in [6.07, 6.45) is 0. The van der Waals surface area contributed by atoms with E-state index in [0.29, 0.717) is 25.3 Å². The lowest BCUT2D eigenvalue weighted by molar-refractivity contribution is -0.132. The van der Waals surface area contributed by atoms with E-state index < -0.39 is 8.25 Å². The number of nitrogens with zero attached hydrogens (tertiary/aromatic N) is 1. The lowest BCUT2D eigenvalue weighted by Gasteiger charge is -2.29. The predicted octanol–water partition coefficient (Wildman–Crippen LogP) is 3.10. The Bertz CT molecular complexity index is 228. The lowest BCUT2D eigenvalue weighted by atomic mass is 10.2. The Balaban J connectivity index is 0. The molecule has 0 saturated carbocycles. The van der Waals surface area contributed by atoms with Crippen LogP contribution in [-0.2, 0) is 18.4 Å². The molecule has 0 radical (unpaired) electrons. The molecule has 18 heavy (non-hydrogen) atoms. The van der Waals surface area contributed by atoms with Crippen LogP contribution in [0, 0.1) is 0 Å². The first-order valence-electron chi connectivity index (χ1n) is 6.36. The van der Waals surface area contributed by atoms with E-state index in [1.54, 1.807) is 20.8 Å². The Morgan fingerprint density at radius 1 is 1.06 bits per heavy atom. The molecule has 0 saturated heterocycles. The first-order valence-corrected chi connectivity index (χ1v) is 7.58. The van der Waals surface area contributed by atoms with E-state index in [2.05, 4.69) is 9.05 Å². The molecular formula is C12H28NO4P. The normalized spacial score (nSPS) is 10.6. The van der Waals surface area contributed by atoms with Crippen molar-refractivity contribution >= 4 is 14.2 Å². The summed E-state index contributed by atoms with van der Waals surface area (Å²) in [5.74, 6) is 0.157. The highest BCUT2D eigenvalue weighted by Gasteiger charge is 2.14. The van der Waals surface area contributed by atoms with Gasteiger partial charge in [-0.2, -0.15) is 0 Å². The average Bonchev–Trinajstić information content (AvgIpc) is 2.16. The van der Waals surface area contributed by atoms with Gasteiger partial charge in [0.15, 0.2) is 0 Å². The average molecular weight is 281 g/mol. The van der Waals surface area contributed by atoms with E-state index >= 15 is 0 Å². The molecule has 0 aromatic carbocycles. The third-order valence-electron chi connectivity index (χ3n) is 2.00. The zero-order valence-electron chi connectivity index (χ0n) is 12.6. The Kier molecular flexibility index (Phi) is 13.0. The summed E-state index contributed by atoms with van der Waals surface area (Å²) in [7, 11) is -2.14. The van der Waals surface area contributed by atoms with Gasteiger partial charge in [-0.25, -0.2) is 0 Å². The van der Waals surface area contributed by atoms with Crippen LogP contribution in [0.3, 0.4) is 0 Å². The number of rotatable bonds is 6. The van der Waals surface area contributed by atoms with Crippen LogP contribution in [-0.4, -0.2) is 36.1 Å². The van der Waals surface area contributed by atoms with Crippen molar-refractivity contribution in [3.8, 4) is 0 Å². The number of carbonyl (C=O) groups excluding carboxylic acids is 1. The van der Waals surface area contributed by atoms with E-state index in [0.717, 1.165) is 0 Å². The molecule has 0 aromatic rings. The first-order chi connectivity index (χ1) is 8.27. The van der Waals surface area contributed by atoms with Crippen LogP contribution in [0.15, 0.2) is 0 Å². The van der Waals surface area contributed by atoms with Gasteiger partial charge in [0.2, 0.25) is 5.91 Å². The Morgan fingerprint density at radius 2 is 1.39 bits per heavy atom. The van der Waals surface area contributed by atoms with E-state index in [4.69, 9.17) is 0 Å². The molecular weight excluding hydrogens is 253 g/mol. The number of hydrogen-bond acceptors (Lipinski definition) is 4. The van der Waals surface area contributed by atoms with Crippen molar-refractivity contribution in [3.05, 3.63) is 0 Å². The summed E-state index contributed by atoms with van der Waals surface area (Å²) in [6.45, 7) is 14.2. The van der Waals surface area contributed by atoms with Crippen molar-refractivity contribution in [2.75, 3.05) is 13.2 Å². The zero-order valence-corrected chi connectivity index (χ0v) is 13.6. The molecule has 0 aliphatic rings. The van der Waals surface area contributed by atoms with E-state index in [-0.39, 0.29) is 5.91 Å².